The lowest BCUT2D eigenvalue weighted by molar-refractivity contribution is -0.139. The van der Waals surface area contributed by atoms with E-state index in [-0.39, 0.29) is 12.6 Å². The van der Waals surface area contributed by atoms with Crippen LogP contribution >= 0.6 is 0 Å². The first-order valence-corrected chi connectivity index (χ1v) is 6.86. The van der Waals surface area contributed by atoms with Crippen LogP contribution in [0.1, 0.15) is 20.8 Å². The van der Waals surface area contributed by atoms with Crippen LogP contribution in [0.25, 0.3) is 0 Å². The number of rotatable bonds is 7. The first-order valence-electron chi connectivity index (χ1n) is 6.86. The van der Waals surface area contributed by atoms with Gasteiger partial charge in [0.2, 0.25) is 0 Å². The third kappa shape index (κ3) is 5.83. The maximum Gasteiger partial charge on any atom is 0.338 e. The van der Waals surface area contributed by atoms with Crippen LogP contribution < -0.4 is 10.1 Å². The highest BCUT2D eigenvalue weighted by Crippen LogP contribution is 2.17. The molecular formula is C17H21NO4. The SMILES string of the molecule is C=C(C)C(=O)OCC(C)Nc1ccc(OC(=O)C(=C)C)cc1. The van der Waals surface area contributed by atoms with Gasteiger partial charge in [-0.15, -0.1) is 0 Å². The van der Waals surface area contributed by atoms with E-state index < -0.39 is 11.9 Å². The van der Waals surface area contributed by atoms with E-state index in [1.54, 1.807) is 38.1 Å². The van der Waals surface area contributed by atoms with Gasteiger partial charge in [-0.25, -0.2) is 9.59 Å². The molecule has 22 heavy (non-hydrogen) atoms. The summed E-state index contributed by atoms with van der Waals surface area (Å²) in [6.45, 7) is 12.4. The van der Waals surface area contributed by atoms with Crippen molar-refractivity contribution in [2.24, 2.45) is 0 Å². The van der Waals surface area contributed by atoms with E-state index in [2.05, 4.69) is 18.5 Å². The molecule has 0 aliphatic rings. The molecule has 0 amide bonds. The molecule has 1 N–H and O–H groups in total. The molecule has 0 aliphatic heterocycles. The summed E-state index contributed by atoms with van der Waals surface area (Å²) in [4.78, 5) is 22.7. The van der Waals surface area contributed by atoms with Gasteiger partial charge < -0.3 is 14.8 Å². The average Bonchev–Trinajstić information content (AvgIpc) is 2.46. The van der Waals surface area contributed by atoms with Gasteiger partial charge in [0.1, 0.15) is 12.4 Å². The minimum Gasteiger partial charge on any atom is -0.460 e. The van der Waals surface area contributed by atoms with Gasteiger partial charge in [0.05, 0.1) is 6.04 Å². The molecule has 118 valence electrons. The van der Waals surface area contributed by atoms with Crippen molar-refractivity contribution in [1.82, 2.24) is 0 Å². The molecule has 0 aliphatic carbocycles. The Labute approximate surface area is 130 Å². The van der Waals surface area contributed by atoms with Crippen molar-refractivity contribution < 1.29 is 19.1 Å². The van der Waals surface area contributed by atoms with E-state index in [4.69, 9.17) is 9.47 Å². The Bertz CT molecular complexity index is 575. The number of esters is 2. The predicted molar refractivity (Wildman–Crippen MR) is 85.7 cm³/mol. The van der Waals surface area contributed by atoms with Crippen LogP contribution in [0.5, 0.6) is 5.75 Å². The monoisotopic (exact) mass is 303 g/mol. The summed E-state index contributed by atoms with van der Waals surface area (Å²) in [5.74, 6) is -0.420. The Kier molecular flexibility index (Phi) is 6.38. The van der Waals surface area contributed by atoms with Crippen LogP contribution in [0.15, 0.2) is 48.6 Å². The molecule has 1 rings (SSSR count). The Morgan fingerprint density at radius 3 is 2.14 bits per heavy atom. The Hall–Kier alpha value is -2.56. The van der Waals surface area contributed by atoms with Crippen LogP contribution in [0.2, 0.25) is 0 Å². The molecule has 1 aromatic rings. The van der Waals surface area contributed by atoms with E-state index in [1.807, 2.05) is 6.92 Å². The van der Waals surface area contributed by atoms with Crippen LogP contribution in [-0.4, -0.2) is 24.6 Å². The Morgan fingerprint density at radius 1 is 1.09 bits per heavy atom. The van der Waals surface area contributed by atoms with Crippen LogP contribution in [0.4, 0.5) is 5.69 Å². The zero-order valence-corrected chi connectivity index (χ0v) is 13.1. The van der Waals surface area contributed by atoms with Crippen LogP contribution in [0, 0.1) is 0 Å². The van der Waals surface area contributed by atoms with Gasteiger partial charge in [-0.3, -0.25) is 0 Å². The molecule has 5 heteroatoms. The van der Waals surface area contributed by atoms with E-state index in [1.165, 1.54) is 0 Å². The normalized spacial score (nSPS) is 11.2. The summed E-state index contributed by atoms with van der Waals surface area (Å²) < 4.78 is 10.2. The van der Waals surface area contributed by atoms with Crippen molar-refractivity contribution in [2.75, 3.05) is 11.9 Å². The second kappa shape index (κ2) is 8.02. The van der Waals surface area contributed by atoms with E-state index in [0.29, 0.717) is 16.9 Å². The number of carbonyl (C=O) groups is 2. The average molecular weight is 303 g/mol. The van der Waals surface area contributed by atoms with Gasteiger partial charge in [-0.1, -0.05) is 13.2 Å². The molecule has 0 fully saturated rings. The van der Waals surface area contributed by atoms with Crippen molar-refractivity contribution in [3.8, 4) is 5.75 Å². The maximum absolute atomic E-state index is 11.4. The lowest BCUT2D eigenvalue weighted by atomic mass is 10.2. The number of ether oxygens (including phenoxy) is 2. The second-order valence-electron chi connectivity index (χ2n) is 5.12. The van der Waals surface area contributed by atoms with Gasteiger partial charge in [0, 0.05) is 16.8 Å². The Morgan fingerprint density at radius 2 is 1.64 bits per heavy atom. The van der Waals surface area contributed by atoms with E-state index >= 15 is 0 Å². The lowest BCUT2D eigenvalue weighted by Crippen LogP contribution is -2.23. The molecule has 1 unspecified atom stereocenters. The van der Waals surface area contributed by atoms with Gasteiger partial charge in [-0.2, -0.15) is 0 Å². The molecule has 1 aromatic carbocycles. The fourth-order valence-electron chi connectivity index (χ4n) is 1.46. The minimum absolute atomic E-state index is 0.0629. The van der Waals surface area contributed by atoms with Gasteiger partial charge in [-0.05, 0) is 45.0 Å². The predicted octanol–water partition coefficient (Wildman–Crippen LogP) is 3.09. The molecule has 0 saturated carbocycles. The smallest absolute Gasteiger partial charge is 0.338 e. The van der Waals surface area contributed by atoms with Crippen molar-refractivity contribution in [3.05, 3.63) is 48.6 Å². The van der Waals surface area contributed by atoms with Crippen molar-refractivity contribution in [1.29, 1.82) is 0 Å². The molecule has 0 heterocycles. The third-order valence-electron chi connectivity index (χ3n) is 2.64. The van der Waals surface area contributed by atoms with Crippen LogP contribution in [-0.2, 0) is 14.3 Å². The summed E-state index contributed by atoms with van der Waals surface area (Å²) in [6, 6.07) is 6.84. The van der Waals surface area contributed by atoms with E-state index in [9.17, 15) is 9.59 Å². The summed E-state index contributed by atoms with van der Waals surface area (Å²) in [7, 11) is 0. The van der Waals surface area contributed by atoms with Crippen LogP contribution in [0.3, 0.4) is 0 Å². The molecule has 0 bridgehead atoms. The minimum atomic E-state index is -0.458. The number of nitrogens with one attached hydrogen (secondary N) is 1. The number of hydrogen-bond acceptors (Lipinski definition) is 5. The van der Waals surface area contributed by atoms with Crippen molar-refractivity contribution in [3.63, 3.8) is 0 Å². The maximum atomic E-state index is 11.4. The first-order chi connectivity index (χ1) is 10.3. The van der Waals surface area contributed by atoms with Gasteiger partial charge >= 0.3 is 11.9 Å². The fourth-order valence-corrected chi connectivity index (χ4v) is 1.46. The zero-order valence-electron chi connectivity index (χ0n) is 13.1. The van der Waals surface area contributed by atoms with Crippen molar-refractivity contribution >= 4 is 17.6 Å². The first kappa shape index (κ1) is 17.5. The molecular weight excluding hydrogens is 282 g/mol. The van der Waals surface area contributed by atoms with Gasteiger partial charge in [0.25, 0.3) is 0 Å². The highest BCUT2D eigenvalue weighted by atomic mass is 16.5. The van der Waals surface area contributed by atoms with Crippen molar-refractivity contribution in [2.45, 2.75) is 26.8 Å². The second-order valence-corrected chi connectivity index (χ2v) is 5.12. The number of benzene rings is 1. The molecule has 5 nitrogen and oxygen atoms in total. The highest BCUT2D eigenvalue weighted by Gasteiger charge is 2.09. The fraction of sp³-hybridized carbons (Fsp3) is 0.294. The zero-order chi connectivity index (χ0) is 16.7. The topological polar surface area (TPSA) is 64.6 Å². The van der Waals surface area contributed by atoms with E-state index in [0.717, 1.165) is 5.69 Å². The summed E-state index contributed by atoms with van der Waals surface area (Å²) in [5, 5.41) is 3.17. The molecule has 0 spiro atoms. The summed E-state index contributed by atoms with van der Waals surface area (Å²) in [5.41, 5.74) is 1.54. The number of anilines is 1. The van der Waals surface area contributed by atoms with Gasteiger partial charge in [0.15, 0.2) is 0 Å². The largest absolute Gasteiger partial charge is 0.460 e. The molecule has 0 radical (unpaired) electrons. The molecule has 0 aromatic heterocycles. The number of hydrogen-bond donors (Lipinski definition) is 1. The summed E-state index contributed by atoms with van der Waals surface area (Å²) in [6.07, 6.45) is 0. The molecule has 1 atom stereocenters. The third-order valence-corrected chi connectivity index (χ3v) is 2.64. The molecule has 0 saturated heterocycles. The highest BCUT2D eigenvalue weighted by molar-refractivity contribution is 5.88. The standard InChI is InChI=1S/C17H21NO4/c1-11(2)16(19)21-10-13(5)18-14-6-8-15(9-7-14)22-17(20)12(3)4/h6-9,13,18H,1,3,10H2,2,4-5H3. The quantitative estimate of drug-likeness (QED) is 0.476. The Balaban J connectivity index is 2.50. The summed E-state index contributed by atoms with van der Waals surface area (Å²) >= 11 is 0. The lowest BCUT2D eigenvalue weighted by Gasteiger charge is -2.15. The number of carbonyl (C=O) groups excluding carboxylic acids is 2.